The van der Waals surface area contributed by atoms with Crippen molar-refractivity contribution in [3.8, 4) is 5.75 Å². The summed E-state index contributed by atoms with van der Waals surface area (Å²) in [6.07, 6.45) is 4.48. The van der Waals surface area contributed by atoms with E-state index < -0.39 is 0 Å². The highest BCUT2D eigenvalue weighted by Crippen LogP contribution is 2.34. The second-order valence-corrected chi connectivity index (χ2v) is 6.91. The molecule has 0 bridgehead atoms. The van der Waals surface area contributed by atoms with Crippen molar-refractivity contribution in [3.05, 3.63) is 27.7 Å². The lowest BCUT2D eigenvalue weighted by Gasteiger charge is -2.31. The molecule has 0 amide bonds. The van der Waals surface area contributed by atoms with Crippen LogP contribution >= 0.6 is 15.9 Å². The molecule has 116 valence electrons. The van der Waals surface area contributed by atoms with E-state index in [2.05, 4.69) is 40.3 Å². The van der Waals surface area contributed by atoms with Gasteiger partial charge < -0.3 is 14.8 Å². The van der Waals surface area contributed by atoms with Crippen molar-refractivity contribution in [1.82, 2.24) is 5.32 Å². The normalized spacial score (nSPS) is 22.7. The van der Waals surface area contributed by atoms with E-state index in [1.165, 1.54) is 24.0 Å². The summed E-state index contributed by atoms with van der Waals surface area (Å²) in [5, 5.41) is 3.66. The van der Waals surface area contributed by atoms with Crippen LogP contribution in [-0.4, -0.2) is 32.4 Å². The van der Waals surface area contributed by atoms with Gasteiger partial charge >= 0.3 is 0 Å². The van der Waals surface area contributed by atoms with Crippen LogP contribution in [0, 0.1) is 5.92 Å². The lowest BCUT2D eigenvalue weighted by molar-refractivity contribution is 0.0395. The molecule has 2 aliphatic rings. The molecule has 3 rings (SSSR count). The number of benzene rings is 1. The fourth-order valence-corrected chi connectivity index (χ4v) is 4.04. The molecule has 1 aromatic carbocycles. The quantitative estimate of drug-likeness (QED) is 0.880. The van der Waals surface area contributed by atoms with Gasteiger partial charge in [0.15, 0.2) is 0 Å². The minimum atomic E-state index is 0.470. The van der Waals surface area contributed by atoms with Crippen LogP contribution in [-0.2, 0) is 17.6 Å². The van der Waals surface area contributed by atoms with Gasteiger partial charge in [-0.3, -0.25) is 0 Å². The Balaban J connectivity index is 1.79. The van der Waals surface area contributed by atoms with Crippen LogP contribution in [0.15, 0.2) is 16.6 Å². The Morgan fingerprint density at radius 2 is 2.29 bits per heavy atom. The van der Waals surface area contributed by atoms with E-state index >= 15 is 0 Å². The molecule has 1 N–H and O–H groups in total. The van der Waals surface area contributed by atoms with Gasteiger partial charge in [-0.2, -0.15) is 0 Å². The topological polar surface area (TPSA) is 30.5 Å². The summed E-state index contributed by atoms with van der Waals surface area (Å²) in [7, 11) is 0. The highest BCUT2D eigenvalue weighted by atomic mass is 79.9. The lowest BCUT2D eigenvalue weighted by atomic mass is 9.88. The second kappa shape index (κ2) is 7.12. The van der Waals surface area contributed by atoms with Gasteiger partial charge in [-0.05, 0) is 55.0 Å². The van der Waals surface area contributed by atoms with Crippen LogP contribution in [0.4, 0.5) is 0 Å². The van der Waals surface area contributed by atoms with Crippen molar-refractivity contribution in [3.63, 3.8) is 0 Å². The molecule has 1 saturated heterocycles. The first kappa shape index (κ1) is 15.3. The number of fused-ring (bicyclic) bond motifs is 1. The van der Waals surface area contributed by atoms with Crippen LogP contribution in [0.5, 0.6) is 5.75 Å². The monoisotopic (exact) mass is 353 g/mol. The number of halogens is 1. The van der Waals surface area contributed by atoms with E-state index in [-0.39, 0.29) is 0 Å². The largest absolute Gasteiger partial charge is 0.493 e. The fraction of sp³-hybridized carbons (Fsp3) is 0.647. The minimum Gasteiger partial charge on any atom is -0.493 e. The molecule has 2 atom stereocenters. The van der Waals surface area contributed by atoms with E-state index in [9.17, 15) is 0 Å². The van der Waals surface area contributed by atoms with E-state index in [4.69, 9.17) is 9.47 Å². The number of nitrogens with one attached hydrogen (secondary N) is 1. The van der Waals surface area contributed by atoms with Gasteiger partial charge in [0.05, 0.1) is 13.2 Å². The van der Waals surface area contributed by atoms with Gasteiger partial charge in [0, 0.05) is 23.5 Å². The van der Waals surface area contributed by atoms with E-state index in [1.54, 1.807) is 0 Å². The zero-order valence-corrected chi connectivity index (χ0v) is 14.2. The summed E-state index contributed by atoms with van der Waals surface area (Å²) in [6.45, 7) is 5.80. The maximum absolute atomic E-state index is 5.87. The molecule has 1 aromatic rings. The highest BCUT2D eigenvalue weighted by molar-refractivity contribution is 9.10. The summed E-state index contributed by atoms with van der Waals surface area (Å²) < 4.78 is 12.7. The van der Waals surface area contributed by atoms with Crippen LogP contribution in [0.25, 0.3) is 0 Å². The summed E-state index contributed by atoms with van der Waals surface area (Å²) in [4.78, 5) is 0. The highest BCUT2D eigenvalue weighted by Gasteiger charge is 2.26. The van der Waals surface area contributed by atoms with Crippen molar-refractivity contribution < 1.29 is 9.47 Å². The first-order valence-corrected chi connectivity index (χ1v) is 8.82. The van der Waals surface area contributed by atoms with E-state index in [1.807, 2.05) is 0 Å². The smallest absolute Gasteiger partial charge is 0.125 e. The number of ether oxygens (including phenoxy) is 2. The van der Waals surface area contributed by atoms with E-state index in [0.29, 0.717) is 12.0 Å². The maximum Gasteiger partial charge on any atom is 0.125 e. The summed E-state index contributed by atoms with van der Waals surface area (Å²) >= 11 is 3.64. The zero-order chi connectivity index (χ0) is 14.7. The molecule has 0 saturated carbocycles. The molecule has 0 spiro atoms. The Morgan fingerprint density at radius 3 is 3.05 bits per heavy atom. The van der Waals surface area contributed by atoms with Crippen molar-refractivity contribution in [2.45, 2.75) is 38.6 Å². The molecule has 2 unspecified atom stereocenters. The maximum atomic E-state index is 5.87. The summed E-state index contributed by atoms with van der Waals surface area (Å²) in [5.74, 6) is 1.73. The van der Waals surface area contributed by atoms with Crippen molar-refractivity contribution in [1.29, 1.82) is 0 Å². The molecule has 4 heteroatoms. The van der Waals surface area contributed by atoms with Crippen LogP contribution in [0.2, 0.25) is 0 Å². The molecule has 3 nitrogen and oxygen atoms in total. The SMILES string of the molecule is CCNC(Cc1cc(Br)cc2c1OCC2)C1CCCOC1. The minimum absolute atomic E-state index is 0.470. The average Bonchev–Trinajstić information content (AvgIpc) is 2.96. The molecule has 1 fully saturated rings. The van der Waals surface area contributed by atoms with Crippen molar-refractivity contribution in [2.24, 2.45) is 5.92 Å². The molecule has 2 heterocycles. The predicted octanol–water partition coefficient (Wildman–Crippen LogP) is 3.33. The number of hydrogen-bond donors (Lipinski definition) is 1. The number of likely N-dealkylation sites (N-methyl/N-ethyl adjacent to an activating group) is 1. The van der Waals surface area contributed by atoms with Gasteiger partial charge in [-0.15, -0.1) is 0 Å². The van der Waals surface area contributed by atoms with Crippen LogP contribution in [0.3, 0.4) is 0 Å². The Labute approximate surface area is 135 Å². The number of hydrogen-bond acceptors (Lipinski definition) is 3. The average molecular weight is 354 g/mol. The second-order valence-electron chi connectivity index (χ2n) is 6.00. The number of rotatable bonds is 5. The Morgan fingerprint density at radius 1 is 1.38 bits per heavy atom. The zero-order valence-electron chi connectivity index (χ0n) is 12.7. The molecule has 0 aliphatic carbocycles. The molecule has 0 radical (unpaired) electrons. The third-order valence-corrected chi connectivity index (χ3v) is 4.95. The first-order chi connectivity index (χ1) is 10.3. The molecule has 2 aliphatic heterocycles. The van der Waals surface area contributed by atoms with Crippen LogP contribution in [0.1, 0.15) is 30.9 Å². The van der Waals surface area contributed by atoms with Crippen LogP contribution < -0.4 is 10.1 Å². The van der Waals surface area contributed by atoms with Gasteiger partial charge in [-0.1, -0.05) is 22.9 Å². The Hall–Kier alpha value is -0.580. The van der Waals surface area contributed by atoms with Gasteiger partial charge in [-0.25, -0.2) is 0 Å². The first-order valence-electron chi connectivity index (χ1n) is 8.03. The third kappa shape index (κ3) is 3.61. The fourth-order valence-electron chi connectivity index (χ4n) is 3.49. The summed E-state index contributed by atoms with van der Waals surface area (Å²) in [6, 6.07) is 4.88. The van der Waals surface area contributed by atoms with Gasteiger partial charge in [0.25, 0.3) is 0 Å². The van der Waals surface area contributed by atoms with Gasteiger partial charge in [0.2, 0.25) is 0 Å². The Bertz CT molecular complexity index is 486. The van der Waals surface area contributed by atoms with Crippen molar-refractivity contribution in [2.75, 3.05) is 26.4 Å². The third-order valence-electron chi connectivity index (χ3n) is 4.50. The van der Waals surface area contributed by atoms with E-state index in [0.717, 1.165) is 49.4 Å². The Kier molecular flexibility index (Phi) is 5.19. The molecular weight excluding hydrogens is 330 g/mol. The standard InChI is InChI=1S/C17H24BrNO2/c1-2-19-16(13-4-3-6-20-11-13)10-14-9-15(18)8-12-5-7-21-17(12)14/h8-9,13,16,19H,2-7,10-11H2,1H3. The summed E-state index contributed by atoms with van der Waals surface area (Å²) in [5.41, 5.74) is 2.67. The molecular formula is C17H24BrNO2. The molecule has 21 heavy (non-hydrogen) atoms. The molecule has 0 aromatic heterocycles. The van der Waals surface area contributed by atoms with Gasteiger partial charge in [0.1, 0.15) is 5.75 Å². The van der Waals surface area contributed by atoms with Crippen molar-refractivity contribution >= 4 is 15.9 Å². The lowest BCUT2D eigenvalue weighted by Crippen LogP contribution is -2.41. The predicted molar refractivity (Wildman–Crippen MR) is 88.1 cm³/mol.